The van der Waals surface area contributed by atoms with Gasteiger partial charge in [0.05, 0.1) is 25.8 Å². The van der Waals surface area contributed by atoms with E-state index in [0.29, 0.717) is 41.9 Å². The van der Waals surface area contributed by atoms with Crippen molar-refractivity contribution in [2.75, 3.05) is 11.6 Å². The Hall–Kier alpha value is -3.17. The Morgan fingerprint density at radius 3 is 2.41 bits per heavy atom. The van der Waals surface area contributed by atoms with E-state index in [2.05, 4.69) is 69.3 Å². The maximum atomic E-state index is 12.8. The van der Waals surface area contributed by atoms with Crippen LogP contribution >= 0.6 is 24.4 Å². The van der Waals surface area contributed by atoms with Gasteiger partial charge in [0.1, 0.15) is 17.2 Å². The van der Waals surface area contributed by atoms with E-state index in [1.165, 1.54) is 10.5 Å². The zero-order chi connectivity index (χ0) is 22.1. The van der Waals surface area contributed by atoms with Crippen LogP contribution in [0.3, 0.4) is 0 Å². The number of anilines is 1. The molecule has 9 heteroatoms. The Balaban J connectivity index is 1.47. The summed E-state index contributed by atoms with van der Waals surface area (Å²) in [5.41, 5.74) is 4.48. The molecule has 5 rings (SSSR count). The molecule has 32 heavy (non-hydrogen) atoms. The van der Waals surface area contributed by atoms with Crippen molar-refractivity contribution in [3.05, 3.63) is 82.0 Å². The molecule has 2 aromatic carbocycles. The minimum Gasteiger partial charge on any atom is -0.330 e. The molecule has 1 aliphatic heterocycles. The van der Waals surface area contributed by atoms with Crippen molar-refractivity contribution < 1.29 is 0 Å². The first-order valence-corrected chi connectivity index (χ1v) is 12.0. The van der Waals surface area contributed by atoms with Crippen molar-refractivity contribution in [1.82, 2.24) is 19.1 Å². The molecule has 3 heterocycles. The van der Waals surface area contributed by atoms with Gasteiger partial charge in [-0.2, -0.15) is 12.6 Å². The van der Waals surface area contributed by atoms with Crippen LogP contribution in [0.5, 0.6) is 0 Å². The molecule has 0 bridgehead atoms. The van der Waals surface area contributed by atoms with Crippen LogP contribution in [0.1, 0.15) is 16.7 Å². The summed E-state index contributed by atoms with van der Waals surface area (Å²) in [7, 11) is 0. The smallest absolute Gasteiger partial charge is 0.327 e. The number of rotatable bonds is 6. The number of hydrogen-bond acceptors (Lipinski definition) is 6. The van der Waals surface area contributed by atoms with Gasteiger partial charge in [-0.05, 0) is 35.1 Å². The fourth-order valence-corrected chi connectivity index (χ4v) is 4.38. The molecular weight excluding hydrogens is 440 g/mol. The molecule has 2 aromatic heterocycles. The lowest BCUT2D eigenvalue weighted by atomic mass is 10.1. The molecule has 7 nitrogen and oxygen atoms in total. The Labute approximate surface area is 195 Å². The molecular formula is C23H22N6OS2. The van der Waals surface area contributed by atoms with Crippen LogP contribution in [0.4, 0.5) is 11.6 Å². The summed E-state index contributed by atoms with van der Waals surface area (Å²) in [6, 6.07) is 16.5. The summed E-state index contributed by atoms with van der Waals surface area (Å²) in [6.45, 7) is 1.09. The minimum atomic E-state index is -0.186. The second-order valence-corrected chi connectivity index (χ2v) is 8.71. The average molecular weight is 463 g/mol. The van der Waals surface area contributed by atoms with Gasteiger partial charge < -0.3 is 14.9 Å². The van der Waals surface area contributed by atoms with Crippen LogP contribution in [-0.4, -0.2) is 31.7 Å². The van der Waals surface area contributed by atoms with Gasteiger partial charge in [-0.3, -0.25) is 4.57 Å². The predicted molar refractivity (Wildman–Crippen MR) is 134 cm³/mol. The molecule has 0 saturated heterocycles. The number of H-pyrrole nitrogens is 1. The van der Waals surface area contributed by atoms with Gasteiger partial charge in [-0.15, -0.1) is 11.8 Å². The highest BCUT2D eigenvalue weighted by atomic mass is 32.2. The first-order chi connectivity index (χ1) is 15.7. The average Bonchev–Trinajstić information content (AvgIpc) is 3.29. The summed E-state index contributed by atoms with van der Waals surface area (Å²) in [5.74, 6) is 2.08. The number of hydrogen-bond donors (Lipinski definition) is 3. The number of thiol groups is 1. The van der Waals surface area contributed by atoms with Crippen LogP contribution in [0, 0.1) is 0 Å². The number of nitrogens with one attached hydrogen (secondary N) is 2. The number of fused-ring (bicyclic) bond motifs is 3. The summed E-state index contributed by atoms with van der Waals surface area (Å²) < 4.78 is 3.66. The SMILES string of the molecule is CSc1ccc(Cn2c3c([nH]c2=O)-c2ncn(Cc4ccc(CS)cc4)c2N=CN3)cc1. The predicted octanol–water partition coefficient (Wildman–Crippen LogP) is 4.37. The van der Waals surface area contributed by atoms with E-state index < -0.39 is 0 Å². The summed E-state index contributed by atoms with van der Waals surface area (Å²) in [6.07, 6.45) is 5.43. The Morgan fingerprint density at radius 1 is 1.00 bits per heavy atom. The lowest BCUT2D eigenvalue weighted by Crippen LogP contribution is -2.19. The third-order valence-corrected chi connectivity index (χ3v) is 6.59. The fourth-order valence-electron chi connectivity index (χ4n) is 3.76. The van der Waals surface area contributed by atoms with Gasteiger partial charge in [-0.25, -0.2) is 14.8 Å². The Morgan fingerprint density at radius 2 is 1.69 bits per heavy atom. The molecule has 0 spiro atoms. The fraction of sp³-hybridized carbons (Fsp3) is 0.174. The van der Waals surface area contributed by atoms with Gasteiger partial charge in [0.25, 0.3) is 0 Å². The molecule has 0 aliphatic carbocycles. The summed E-state index contributed by atoms with van der Waals surface area (Å²) in [5, 5.41) is 3.17. The van der Waals surface area contributed by atoms with Crippen molar-refractivity contribution in [2.24, 2.45) is 4.99 Å². The van der Waals surface area contributed by atoms with E-state index in [1.807, 2.05) is 23.0 Å². The molecule has 0 saturated carbocycles. The number of imidazole rings is 2. The third-order valence-electron chi connectivity index (χ3n) is 5.48. The maximum absolute atomic E-state index is 12.8. The van der Waals surface area contributed by atoms with Crippen LogP contribution in [0.2, 0.25) is 0 Å². The van der Waals surface area contributed by atoms with E-state index in [-0.39, 0.29) is 5.69 Å². The normalized spacial score (nSPS) is 12.2. The number of thioether (sulfide) groups is 1. The molecule has 0 fully saturated rings. The topological polar surface area (TPSA) is 80.0 Å². The van der Waals surface area contributed by atoms with E-state index in [4.69, 9.17) is 0 Å². The van der Waals surface area contributed by atoms with Crippen molar-refractivity contribution in [3.8, 4) is 11.4 Å². The Bertz CT molecular complexity index is 1330. The van der Waals surface area contributed by atoms with Crippen molar-refractivity contribution in [2.45, 2.75) is 23.7 Å². The van der Waals surface area contributed by atoms with Gasteiger partial charge in [0.15, 0.2) is 5.82 Å². The zero-order valence-corrected chi connectivity index (χ0v) is 19.2. The standard InChI is InChI=1S/C23H22N6OS2/c1-32-18-8-6-16(7-9-18)11-29-22-20(27-23(29)30)19-21(24-13-25-22)28(14-26-19)10-15-2-4-17(12-31)5-3-15/h2-9,13-14,31H,10-12H2,1H3,(H,24,25)(H,27,30). The number of benzene rings is 2. The van der Waals surface area contributed by atoms with Gasteiger partial charge in [0.2, 0.25) is 0 Å². The Kier molecular flexibility index (Phi) is 5.67. The second kappa shape index (κ2) is 8.76. The van der Waals surface area contributed by atoms with Gasteiger partial charge in [-0.1, -0.05) is 36.4 Å². The van der Waals surface area contributed by atoms with Crippen LogP contribution < -0.4 is 11.0 Å². The molecule has 4 aromatic rings. The molecule has 0 atom stereocenters. The van der Waals surface area contributed by atoms with E-state index >= 15 is 0 Å². The van der Waals surface area contributed by atoms with Crippen LogP contribution in [0.15, 0.2) is 69.5 Å². The highest BCUT2D eigenvalue weighted by Gasteiger charge is 2.23. The minimum absolute atomic E-state index is 0.186. The van der Waals surface area contributed by atoms with E-state index in [1.54, 1.807) is 29.0 Å². The number of aromatic amines is 1. The number of nitrogens with zero attached hydrogens (tertiary/aromatic N) is 4. The highest BCUT2D eigenvalue weighted by Crippen LogP contribution is 2.34. The van der Waals surface area contributed by atoms with Crippen LogP contribution in [-0.2, 0) is 18.8 Å². The van der Waals surface area contributed by atoms with Gasteiger partial charge in [0, 0.05) is 10.6 Å². The first-order valence-electron chi connectivity index (χ1n) is 10.1. The molecule has 2 N–H and O–H groups in total. The number of aliphatic imine (C=N–C) groups is 1. The van der Waals surface area contributed by atoms with Crippen LogP contribution in [0.25, 0.3) is 11.4 Å². The van der Waals surface area contributed by atoms with Crippen molar-refractivity contribution >= 4 is 42.4 Å². The summed E-state index contributed by atoms with van der Waals surface area (Å²) >= 11 is 6.01. The number of aromatic nitrogens is 4. The quantitative estimate of drug-likeness (QED) is 0.294. The first kappa shape index (κ1) is 20.7. The lowest BCUT2D eigenvalue weighted by Gasteiger charge is -2.08. The van der Waals surface area contributed by atoms with Gasteiger partial charge >= 0.3 is 5.69 Å². The molecule has 162 valence electrons. The maximum Gasteiger partial charge on any atom is 0.327 e. The van der Waals surface area contributed by atoms with E-state index in [0.717, 1.165) is 11.1 Å². The van der Waals surface area contributed by atoms with E-state index in [9.17, 15) is 4.79 Å². The molecule has 0 radical (unpaired) electrons. The molecule has 1 aliphatic rings. The second-order valence-electron chi connectivity index (χ2n) is 7.51. The monoisotopic (exact) mass is 462 g/mol. The molecule has 0 amide bonds. The largest absolute Gasteiger partial charge is 0.330 e. The highest BCUT2D eigenvalue weighted by molar-refractivity contribution is 7.98. The lowest BCUT2D eigenvalue weighted by molar-refractivity contribution is 0.770. The van der Waals surface area contributed by atoms with Crippen molar-refractivity contribution in [1.29, 1.82) is 0 Å². The zero-order valence-electron chi connectivity index (χ0n) is 17.4. The third kappa shape index (κ3) is 3.89. The van der Waals surface area contributed by atoms with Crippen molar-refractivity contribution in [3.63, 3.8) is 0 Å². The molecule has 0 unspecified atom stereocenters. The summed E-state index contributed by atoms with van der Waals surface area (Å²) in [4.78, 5) is 26.1.